The lowest BCUT2D eigenvalue weighted by atomic mass is 10.0. The van der Waals surface area contributed by atoms with Crippen LogP contribution < -0.4 is 10.1 Å². The van der Waals surface area contributed by atoms with Gasteiger partial charge in [-0.2, -0.15) is 0 Å². The van der Waals surface area contributed by atoms with Crippen molar-refractivity contribution in [3.63, 3.8) is 0 Å². The number of benzene rings is 2. The zero-order valence-corrected chi connectivity index (χ0v) is 14.6. The van der Waals surface area contributed by atoms with E-state index in [1.165, 1.54) is 43.5 Å². The van der Waals surface area contributed by atoms with Crippen LogP contribution in [0.5, 0.6) is 5.75 Å². The fraction of sp³-hybridized carbons (Fsp3) is 0.222. The molecule has 0 bridgehead atoms. The van der Waals surface area contributed by atoms with Gasteiger partial charge in [0.15, 0.2) is 0 Å². The first-order chi connectivity index (χ1) is 12.8. The summed E-state index contributed by atoms with van der Waals surface area (Å²) < 4.78 is 23.2. The summed E-state index contributed by atoms with van der Waals surface area (Å²) in [6.45, 7) is 0. The van der Waals surface area contributed by atoms with Gasteiger partial charge in [0.2, 0.25) is 0 Å². The van der Waals surface area contributed by atoms with Crippen LogP contribution in [0.15, 0.2) is 42.5 Å². The Bertz CT molecular complexity index is 871. The van der Waals surface area contributed by atoms with Crippen molar-refractivity contribution in [2.45, 2.75) is 12.5 Å². The number of halogens is 1. The summed E-state index contributed by atoms with van der Waals surface area (Å²) in [5.74, 6) is -1.73. The van der Waals surface area contributed by atoms with E-state index in [-0.39, 0.29) is 17.7 Å². The molecule has 0 fully saturated rings. The molecule has 0 unspecified atom stereocenters. The fourth-order valence-corrected chi connectivity index (χ4v) is 2.46. The molecule has 0 heterocycles. The van der Waals surface area contributed by atoms with Crippen LogP contribution in [0.25, 0.3) is 0 Å². The van der Waals surface area contributed by atoms with Gasteiger partial charge in [-0.1, -0.05) is 6.07 Å². The number of nitro groups is 1. The van der Waals surface area contributed by atoms with Gasteiger partial charge >= 0.3 is 5.97 Å². The number of amides is 1. The van der Waals surface area contributed by atoms with Crippen molar-refractivity contribution in [3.05, 3.63) is 69.5 Å². The van der Waals surface area contributed by atoms with Gasteiger partial charge in [-0.3, -0.25) is 14.9 Å². The maximum absolute atomic E-state index is 13.3. The van der Waals surface area contributed by atoms with Gasteiger partial charge in [0.25, 0.3) is 11.6 Å². The van der Waals surface area contributed by atoms with Gasteiger partial charge in [-0.05, 0) is 24.3 Å². The third-order valence-electron chi connectivity index (χ3n) is 3.78. The lowest BCUT2D eigenvalue weighted by molar-refractivity contribution is -0.384. The summed E-state index contributed by atoms with van der Waals surface area (Å²) in [5, 5.41) is 13.4. The summed E-state index contributed by atoms with van der Waals surface area (Å²) in [5.41, 5.74) is 0.169. The Labute approximate surface area is 154 Å². The predicted octanol–water partition coefficient (Wildman–Crippen LogP) is 2.26. The number of methoxy groups -OCH3 is 2. The van der Waals surface area contributed by atoms with Crippen molar-refractivity contribution < 1.29 is 28.4 Å². The van der Waals surface area contributed by atoms with Crippen molar-refractivity contribution in [3.8, 4) is 5.75 Å². The second-order valence-electron chi connectivity index (χ2n) is 5.52. The zero-order valence-electron chi connectivity index (χ0n) is 14.6. The number of non-ortho nitro benzene ring substituents is 1. The van der Waals surface area contributed by atoms with Crippen LogP contribution in [0.1, 0.15) is 15.9 Å². The Morgan fingerprint density at radius 2 is 1.96 bits per heavy atom. The molecule has 0 saturated heterocycles. The van der Waals surface area contributed by atoms with Gasteiger partial charge in [-0.25, -0.2) is 9.18 Å². The largest absolute Gasteiger partial charge is 0.496 e. The Morgan fingerprint density at radius 1 is 1.22 bits per heavy atom. The molecule has 1 atom stereocenters. The Balaban J connectivity index is 2.29. The van der Waals surface area contributed by atoms with Crippen molar-refractivity contribution in [2.24, 2.45) is 0 Å². The standard InChI is InChI=1S/C18H17FN2O6/c1-26-16-7-6-14(21(24)25)9-12(16)10-15(18(23)27-2)20-17(22)11-4-3-5-13(19)8-11/h3-9,15H,10H2,1-2H3,(H,20,22)/t15-/m0/s1. The molecule has 0 saturated carbocycles. The van der Waals surface area contributed by atoms with Crippen LogP contribution in [0.4, 0.5) is 10.1 Å². The van der Waals surface area contributed by atoms with Gasteiger partial charge in [0.1, 0.15) is 17.6 Å². The van der Waals surface area contributed by atoms with E-state index in [0.29, 0.717) is 11.3 Å². The van der Waals surface area contributed by atoms with Gasteiger partial charge in [-0.15, -0.1) is 0 Å². The van der Waals surface area contributed by atoms with Crippen LogP contribution in [0.2, 0.25) is 0 Å². The van der Waals surface area contributed by atoms with Crippen molar-refractivity contribution in [1.82, 2.24) is 5.32 Å². The summed E-state index contributed by atoms with van der Waals surface area (Å²) in [6, 6.07) is 7.73. The third-order valence-corrected chi connectivity index (χ3v) is 3.78. The number of ether oxygens (including phenoxy) is 2. The molecule has 0 aliphatic heterocycles. The predicted molar refractivity (Wildman–Crippen MR) is 93.0 cm³/mol. The molecule has 0 aliphatic rings. The van der Waals surface area contributed by atoms with Crippen molar-refractivity contribution in [1.29, 1.82) is 0 Å². The van der Waals surface area contributed by atoms with Crippen LogP contribution in [0, 0.1) is 15.9 Å². The number of carbonyl (C=O) groups excluding carboxylic acids is 2. The number of nitrogens with one attached hydrogen (secondary N) is 1. The Hall–Kier alpha value is -3.49. The van der Waals surface area contributed by atoms with Crippen molar-refractivity contribution >= 4 is 17.6 Å². The van der Waals surface area contributed by atoms with Gasteiger partial charge < -0.3 is 14.8 Å². The Kier molecular flexibility index (Phi) is 6.42. The van der Waals surface area contributed by atoms with Crippen LogP contribution >= 0.6 is 0 Å². The average Bonchev–Trinajstić information content (AvgIpc) is 2.66. The first-order valence-electron chi connectivity index (χ1n) is 7.81. The van der Waals surface area contributed by atoms with E-state index >= 15 is 0 Å². The van der Waals surface area contributed by atoms with Crippen LogP contribution in [-0.4, -0.2) is 37.1 Å². The lowest BCUT2D eigenvalue weighted by Crippen LogP contribution is -2.43. The molecule has 27 heavy (non-hydrogen) atoms. The normalized spacial score (nSPS) is 11.4. The fourth-order valence-electron chi connectivity index (χ4n) is 2.46. The number of hydrogen-bond acceptors (Lipinski definition) is 6. The quantitative estimate of drug-likeness (QED) is 0.451. The molecular weight excluding hydrogens is 359 g/mol. The summed E-state index contributed by atoms with van der Waals surface area (Å²) in [4.78, 5) is 34.8. The monoisotopic (exact) mass is 376 g/mol. The highest BCUT2D eigenvalue weighted by atomic mass is 19.1. The van der Waals surface area contributed by atoms with Gasteiger partial charge in [0.05, 0.1) is 19.1 Å². The van der Waals surface area contributed by atoms with E-state index in [0.717, 1.165) is 13.2 Å². The molecule has 9 heteroatoms. The molecule has 2 rings (SSSR count). The molecule has 142 valence electrons. The van der Waals surface area contributed by atoms with E-state index in [1.807, 2.05) is 0 Å². The topological polar surface area (TPSA) is 108 Å². The zero-order chi connectivity index (χ0) is 20.0. The third kappa shape index (κ3) is 5.00. The lowest BCUT2D eigenvalue weighted by Gasteiger charge is -2.18. The van der Waals surface area contributed by atoms with Crippen molar-refractivity contribution in [2.75, 3.05) is 14.2 Å². The average molecular weight is 376 g/mol. The number of rotatable bonds is 7. The summed E-state index contributed by atoms with van der Waals surface area (Å²) in [6.07, 6.45) is -0.113. The highest BCUT2D eigenvalue weighted by molar-refractivity contribution is 5.96. The molecule has 2 aromatic rings. The minimum atomic E-state index is -1.15. The number of nitrogens with zero attached hydrogens (tertiary/aromatic N) is 1. The van der Waals surface area contributed by atoms with E-state index in [1.54, 1.807) is 0 Å². The number of hydrogen-bond donors (Lipinski definition) is 1. The maximum atomic E-state index is 13.3. The SMILES string of the molecule is COC(=O)[C@H](Cc1cc([N+](=O)[O-])ccc1OC)NC(=O)c1cccc(F)c1. The van der Waals surface area contributed by atoms with E-state index in [4.69, 9.17) is 9.47 Å². The van der Waals surface area contributed by atoms with E-state index < -0.39 is 28.7 Å². The Morgan fingerprint density at radius 3 is 2.56 bits per heavy atom. The maximum Gasteiger partial charge on any atom is 0.328 e. The molecule has 0 aromatic heterocycles. The second-order valence-corrected chi connectivity index (χ2v) is 5.52. The van der Waals surface area contributed by atoms with Crippen LogP contribution in [-0.2, 0) is 16.0 Å². The summed E-state index contributed by atoms with van der Waals surface area (Å²) >= 11 is 0. The van der Waals surface area contributed by atoms with E-state index in [9.17, 15) is 24.1 Å². The van der Waals surface area contributed by atoms with Gasteiger partial charge in [0, 0.05) is 29.7 Å². The number of carbonyl (C=O) groups is 2. The highest BCUT2D eigenvalue weighted by Crippen LogP contribution is 2.25. The van der Waals surface area contributed by atoms with Crippen LogP contribution in [0.3, 0.4) is 0 Å². The molecule has 1 N–H and O–H groups in total. The molecule has 0 aliphatic carbocycles. The summed E-state index contributed by atoms with van der Waals surface area (Å²) in [7, 11) is 2.53. The minimum absolute atomic E-state index is 0.0231. The molecule has 0 spiro atoms. The smallest absolute Gasteiger partial charge is 0.328 e. The molecule has 2 aromatic carbocycles. The number of nitro benzene ring substituents is 1. The first kappa shape index (κ1) is 19.8. The second kappa shape index (κ2) is 8.75. The molecule has 8 nitrogen and oxygen atoms in total. The number of esters is 1. The first-order valence-corrected chi connectivity index (χ1v) is 7.81. The highest BCUT2D eigenvalue weighted by Gasteiger charge is 2.25. The molecule has 0 radical (unpaired) electrons. The molecular formula is C18H17FN2O6. The molecule has 1 amide bonds. The minimum Gasteiger partial charge on any atom is -0.496 e. The van der Waals surface area contributed by atoms with E-state index in [2.05, 4.69) is 5.32 Å².